The zero-order chi connectivity index (χ0) is 18.7. The second kappa shape index (κ2) is 7.72. The molecule has 6 heteroatoms. The fraction of sp³-hybridized carbons (Fsp3) is 0.450. The van der Waals surface area contributed by atoms with Crippen molar-refractivity contribution < 1.29 is 4.79 Å². The topological polar surface area (TPSA) is 67.2 Å². The minimum absolute atomic E-state index is 0.247. The summed E-state index contributed by atoms with van der Waals surface area (Å²) in [4.78, 5) is 26.9. The summed E-state index contributed by atoms with van der Waals surface area (Å²) in [5.74, 6) is 0.188. The Kier molecular flexibility index (Phi) is 5.40. The third-order valence-corrected chi connectivity index (χ3v) is 4.85. The molecule has 0 saturated heterocycles. The Morgan fingerprint density at radius 3 is 2.42 bits per heavy atom. The first-order valence-electron chi connectivity index (χ1n) is 9.29. The lowest BCUT2D eigenvalue weighted by atomic mass is 10.2. The van der Waals surface area contributed by atoms with Gasteiger partial charge in [0.05, 0.1) is 5.69 Å². The predicted molar refractivity (Wildman–Crippen MR) is 104 cm³/mol. The summed E-state index contributed by atoms with van der Waals surface area (Å²) in [6, 6.07) is 10.4. The van der Waals surface area contributed by atoms with E-state index >= 15 is 0 Å². The molecule has 1 amide bonds. The Balaban J connectivity index is 1.71. The predicted octanol–water partition coefficient (Wildman–Crippen LogP) is 3.17. The number of hydrogen-bond acceptors (Lipinski definition) is 4. The van der Waals surface area contributed by atoms with Gasteiger partial charge in [0.1, 0.15) is 6.04 Å². The Morgan fingerprint density at radius 1 is 1.19 bits per heavy atom. The van der Waals surface area contributed by atoms with Gasteiger partial charge in [-0.05, 0) is 63.9 Å². The Bertz CT molecular complexity index is 820. The van der Waals surface area contributed by atoms with Crippen LogP contribution in [0.15, 0.2) is 41.2 Å². The molecular weight excluding hydrogens is 328 g/mol. The normalized spacial score (nSPS) is 14.7. The lowest BCUT2D eigenvalue weighted by Gasteiger charge is -2.21. The van der Waals surface area contributed by atoms with E-state index in [-0.39, 0.29) is 11.5 Å². The number of nitrogens with zero attached hydrogens (tertiary/aromatic N) is 3. The lowest BCUT2D eigenvalue weighted by Crippen LogP contribution is -2.33. The molecule has 3 rings (SSSR count). The van der Waals surface area contributed by atoms with Crippen LogP contribution < -0.4 is 15.8 Å². The van der Waals surface area contributed by atoms with Gasteiger partial charge >= 0.3 is 0 Å². The first-order valence-corrected chi connectivity index (χ1v) is 9.29. The number of carbonyl (C=O) groups excluding carboxylic acids is 1. The molecule has 1 aliphatic rings. The van der Waals surface area contributed by atoms with Crippen LogP contribution in [-0.2, 0) is 4.79 Å². The number of amides is 1. The van der Waals surface area contributed by atoms with E-state index in [0.717, 1.165) is 37.3 Å². The minimum atomic E-state index is -0.663. The average molecular weight is 354 g/mol. The van der Waals surface area contributed by atoms with Crippen LogP contribution in [0.2, 0.25) is 0 Å². The number of anilines is 2. The zero-order valence-electron chi connectivity index (χ0n) is 15.6. The number of benzene rings is 1. The van der Waals surface area contributed by atoms with Gasteiger partial charge in [0.15, 0.2) is 0 Å². The second-order valence-corrected chi connectivity index (χ2v) is 6.70. The van der Waals surface area contributed by atoms with Gasteiger partial charge in [-0.25, -0.2) is 4.68 Å². The highest BCUT2D eigenvalue weighted by Gasteiger charge is 2.27. The van der Waals surface area contributed by atoms with Crippen molar-refractivity contribution in [2.24, 2.45) is 0 Å². The van der Waals surface area contributed by atoms with Gasteiger partial charge < -0.3 is 10.2 Å². The number of nitrogens with one attached hydrogen (secondary N) is 1. The third kappa shape index (κ3) is 3.95. The number of aromatic nitrogens is 2. The molecule has 1 N–H and O–H groups in total. The molecular formula is C20H26N4O2. The van der Waals surface area contributed by atoms with Crippen molar-refractivity contribution in [3.63, 3.8) is 0 Å². The molecule has 1 aliphatic carbocycles. The maximum atomic E-state index is 12.6. The fourth-order valence-electron chi connectivity index (χ4n) is 3.02. The SMILES string of the molecule is CCN(CC)c1ccc(NC(=O)C(C)n2nc(C3CC3)ccc2=O)cc1. The van der Waals surface area contributed by atoms with E-state index in [1.165, 1.54) is 10.7 Å². The van der Waals surface area contributed by atoms with Crippen LogP contribution in [0.1, 0.15) is 51.3 Å². The summed E-state index contributed by atoms with van der Waals surface area (Å²) in [6.45, 7) is 7.80. The van der Waals surface area contributed by atoms with E-state index in [2.05, 4.69) is 29.2 Å². The fourth-order valence-corrected chi connectivity index (χ4v) is 3.02. The van der Waals surface area contributed by atoms with E-state index in [0.29, 0.717) is 11.6 Å². The standard InChI is InChI=1S/C20H26N4O2/c1-4-23(5-2)17-10-8-16(9-11-17)21-20(26)14(3)24-19(25)13-12-18(22-24)15-6-7-15/h8-15H,4-7H2,1-3H3,(H,21,26). The van der Waals surface area contributed by atoms with Gasteiger partial charge in [0.25, 0.3) is 5.56 Å². The summed E-state index contributed by atoms with van der Waals surface area (Å²) >= 11 is 0. The molecule has 0 aliphatic heterocycles. The molecule has 1 unspecified atom stereocenters. The van der Waals surface area contributed by atoms with Crippen LogP contribution in [0, 0.1) is 0 Å². The highest BCUT2D eigenvalue weighted by atomic mass is 16.2. The second-order valence-electron chi connectivity index (χ2n) is 6.70. The van der Waals surface area contributed by atoms with Crippen LogP contribution in [0.3, 0.4) is 0 Å². The molecule has 0 spiro atoms. The van der Waals surface area contributed by atoms with Gasteiger partial charge in [-0.1, -0.05) is 0 Å². The molecule has 1 aromatic heterocycles. The Labute approximate surface area is 153 Å². The summed E-state index contributed by atoms with van der Waals surface area (Å²) in [5, 5.41) is 7.27. The molecule has 0 radical (unpaired) electrons. The zero-order valence-corrected chi connectivity index (χ0v) is 15.6. The molecule has 1 heterocycles. The molecule has 6 nitrogen and oxygen atoms in total. The van der Waals surface area contributed by atoms with E-state index in [9.17, 15) is 9.59 Å². The molecule has 26 heavy (non-hydrogen) atoms. The monoisotopic (exact) mass is 354 g/mol. The van der Waals surface area contributed by atoms with Gasteiger partial charge in [-0.2, -0.15) is 5.10 Å². The third-order valence-electron chi connectivity index (χ3n) is 4.85. The molecule has 138 valence electrons. The van der Waals surface area contributed by atoms with Crippen molar-refractivity contribution in [1.29, 1.82) is 0 Å². The van der Waals surface area contributed by atoms with Gasteiger partial charge in [-0.3, -0.25) is 9.59 Å². The van der Waals surface area contributed by atoms with Crippen molar-refractivity contribution >= 4 is 17.3 Å². The van der Waals surface area contributed by atoms with Crippen molar-refractivity contribution in [3.8, 4) is 0 Å². The van der Waals surface area contributed by atoms with Crippen molar-refractivity contribution in [3.05, 3.63) is 52.4 Å². The average Bonchev–Trinajstić information content (AvgIpc) is 3.49. The van der Waals surface area contributed by atoms with Crippen molar-refractivity contribution in [2.75, 3.05) is 23.3 Å². The van der Waals surface area contributed by atoms with E-state index in [1.807, 2.05) is 24.3 Å². The maximum absolute atomic E-state index is 12.6. The first kappa shape index (κ1) is 18.2. The number of hydrogen-bond donors (Lipinski definition) is 1. The molecule has 0 bridgehead atoms. The summed E-state index contributed by atoms with van der Waals surface area (Å²) in [7, 11) is 0. The van der Waals surface area contributed by atoms with E-state index in [4.69, 9.17) is 0 Å². The summed E-state index contributed by atoms with van der Waals surface area (Å²) in [5.41, 5.74) is 2.47. The summed E-state index contributed by atoms with van der Waals surface area (Å²) < 4.78 is 1.28. The van der Waals surface area contributed by atoms with Crippen molar-refractivity contribution in [1.82, 2.24) is 9.78 Å². The Hall–Kier alpha value is -2.63. The van der Waals surface area contributed by atoms with E-state index < -0.39 is 6.04 Å². The molecule has 1 saturated carbocycles. The van der Waals surface area contributed by atoms with Crippen LogP contribution >= 0.6 is 0 Å². The number of rotatable bonds is 7. The largest absolute Gasteiger partial charge is 0.372 e. The maximum Gasteiger partial charge on any atom is 0.267 e. The smallest absolute Gasteiger partial charge is 0.267 e. The van der Waals surface area contributed by atoms with Crippen LogP contribution in [0.5, 0.6) is 0 Å². The van der Waals surface area contributed by atoms with Crippen LogP contribution in [0.4, 0.5) is 11.4 Å². The van der Waals surface area contributed by atoms with Crippen molar-refractivity contribution in [2.45, 2.75) is 45.6 Å². The first-order chi connectivity index (χ1) is 12.5. The molecule has 1 aromatic carbocycles. The van der Waals surface area contributed by atoms with Crippen LogP contribution in [-0.4, -0.2) is 28.8 Å². The van der Waals surface area contributed by atoms with Gasteiger partial charge in [0, 0.05) is 36.4 Å². The van der Waals surface area contributed by atoms with Gasteiger partial charge in [-0.15, -0.1) is 0 Å². The lowest BCUT2D eigenvalue weighted by molar-refractivity contribution is -0.119. The highest BCUT2D eigenvalue weighted by Crippen LogP contribution is 2.38. The minimum Gasteiger partial charge on any atom is -0.372 e. The number of carbonyl (C=O) groups is 1. The molecule has 1 fully saturated rings. The summed E-state index contributed by atoms with van der Waals surface area (Å²) in [6.07, 6.45) is 2.20. The quantitative estimate of drug-likeness (QED) is 0.829. The van der Waals surface area contributed by atoms with E-state index in [1.54, 1.807) is 13.0 Å². The highest BCUT2D eigenvalue weighted by molar-refractivity contribution is 5.93. The van der Waals surface area contributed by atoms with Gasteiger partial charge in [0.2, 0.25) is 5.91 Å². The molecule has 1 atom stereocenters. The molecule has 2 aromatic rings. The Morgan fingerprint density at radius 2 is 1.85 bits per heavy atom. The van der Waals surface area contributed by atoms with Crippen LogP contribution in [0.25, 0.3) is 0 Å².